The van der Waals surface area contributed by atoms with Crippen molar-refractivity contribution in [3.8, 4) is 5.75 Å². The van der Waals surface area contributed by atoms with E-state index in [2.05, 4.69) is 32.3 Å². The third kappa shape index (κ3) is 4.59. The highest BCUT2D eigenvalue weighted by Gasteiger charge is 2.07. The molecule has 0 fully saturated rings. The van der Waals surface area contributed by atoms with E-state index >= 15 is 0 Å². The summed E-state index contributed by atoms with van der Waals surface area (Å²) < 4.78 is 5.61. The van der Waals surface area contributed by atoms with Crippen LogP contribution in [-0.4, -0.2) is 6.61 Å². The zero-order valence-electron chi connectivity index (χ0n) is 10.9. The summed E-state index contributed by atoms with van der Waals surface area (Å²) in [6.07, 6.45) is 3.11. The lowest BCUT2D eigenvalue weighted by atomic mass is 10.1. The molecule has 1 unspecified atom stereocenters. The summed E-state index contributed by atoms with van der Waals surface area (Å²) in [5.41, 5.74) is 5.14. The van der Waals surface area contributed by atoms with Crippen LogP contribution in [0.5, 0.6) is 5.75 Å². The first kappa shape index (κ1) is 13.7. The maximum absolute atomic E-state index is 5.61. The molecule has 0 spiro atoms. The van der Waals surface area contributed by atoms with Crippen molar-refractivity contribution in [1.29, 1.82) is 0 Å². The van der Waals surface area contributed by atoms with Gasteiger partial charge >= 0.3 is 0 Å². The molecule has 0 aliphatic rings. The lowest BCUT2D eigenvalue weighted by Gasteiger charge is -2.14. The highest BCUT2D eigenvalue weighted by atomic mass is 16.5. The molecule has 0 heterocycles. The standard InChI is InChI=1S/C14H22N2O/c1-4-8-17-13-7-5-6-12(10-13)14(16-15)9-11(2)3/h5-7,9-10,14,16H,4,8,15H2,1-3H3. The van der Waals surface area contributed by atoms with E-state index in [0.29, 0.717) is 0 Å². The van der Waals surface area contributed by atoms with E-state index in [4.69, 9.17) is 10.6 Å². The molecule has 0 amide bonds. The fourth-order valence-electron chi connectivity index (χ4n) is 1.59. The number of rotatable bonds is 6. The van der Waals surface area contributed by atoms with E-state index in [1.54, 1.807) is 0 Å². The fourth-order valence-corrected chi connectivity index (χ4v) is 1.59. The molecule has 3 heteroatoms. The molecule has 3 N–H and O–H groups in total. The Morgan fingerprint density at radius 3 is 2.82 bits per heavy atom. The van der Waals surface area contributed by atoms with Crippen LogP contribution in [0.1, 0.15) is 38.8 Å². The maximum Gasteiger partial charge on any atom is 0.119 e. The molecular weight excluding hydrogens is 212 g/mol. The number of ether oxygens (including phenoxy) is 1. The average molecular weight is 234 g/mol. The van der Waals surface area contributed by atoms with Gasteiger partial charge in [0.2, 0.25) is 0 Å². The maximum atomic E-state index is 5.61. The van der Waals surface area contributed by atoms with Crippen molar-refractivity contribution in [2.24, 2.45) is 5.84 Å². The second-order valence-corrected chi connectivity index (χ2v) is 4.31. The number of hydrogen-bond acceptors (Lipinski definition) is 3. The van der Waals surface area contributed by atoms with Gasteiger partial charge in [-0.3, -0.25) is 5.84 Å². The largest absolute Gasteiger partial charge is 0.494 e. The van der Waals surface area contributed by atoms with Crippen LogP contribution >= 0.6 is 0 Å². The Morgan fingerprint density at radius 2 is 2.24 bits per heavy atom. The Hall–Kier alpha value is -1.32. The van der Waals surface area contributed by atoms with Gasteiger partial charge in [-0.15, -0.1) is 0 Å². The Balaban J connectivity index is 2.85. The van der Waals surface area contributed by atoms with E-state index in [1.807, 2.05) is 24.3 Å². The van der Waals surface area contributed by atoms with Crippen LogP contribution in [0.4, 0.5) is 0 Å². The number of hydrogen-bond donors (Lipinski definition) is 2. The first-order valence-corrected chi connectivity index (χ1v) is 6.01. The van der Waals surface area contributed by atoms with Crippen LogP contribution in [0.2, 0.25) is 0 Å². The van der Waals surface area contributed by atoms with Crippen LogP contribution in [-0.2, 0) is 0 Å². The van der Waals surface area contributed by atoms with E-state index in [9.17, 15) is 0 Å². The summed E-state index contributed by atoms with van der Waals surface area (Å²) in [6, 6.07) is 8.06. The molecule has 94 valence electrons. The molecule has 0 aliphatic carbocycles. The topological polar surface area (TPSA) is 47.3 Å². The summed E-state index contributed by atoms with van der Waals surface area (Å²) in [5, 5.41) is 0. The highest BCUT2D eigenvalue weighted by Crippen LogP contribution is 2.20. The van der Waals surface area contributed by atoms with Gasteiger partial charge in [-0.05, 0) is 38.0 Å². The van der Waals surface area contributed by atoms with E-state index in [-0.39, 0.29) is 6.04 Å². The quantitative estimate of drug-likeness (QED) is 0.452. The van der Waals surface area contributed by atoms with Crippen molar-refractivity contribution < 1.29 is 4.74 Å². The molecule has 0 aromatic heterocycles. The monoisotopic (exact) mass is 234 g/mol. The lowest BCUT2D eigenvalue weighted by Crippen LogP contribution is -2.26. The molecule has 0 bridgehead atoms. The van der Waals surface area contributed by atoms with Crippen molar-refractivity contribution in [2.75, 3.05) is 6.61 Å². The molecule has 17 heavy (non-hydrogen) atoms. The second kappa shape index (κ2) is 7.09. The van der Waals surface area contributed by atoms with Crippen molar-refractivity contribution in [2.45, 2.75) is 33.2 Å². The molecule has 3 nitrogen and oxygen atoms in total. The van der Waals surface area contributed by atoms with Crippen molar-refractivity contribution in [1.82, 2.24) is 5.43 Å². The van der Waals surface area contributed by atoms with Gasteiger partial charge in [0.1, 0.15) is 5.75 Å². The van der Waals surface area contributed by atoms with Crippen molar-refractivity contribution in [3.05, 3.63) is 41.5 Å². The Bertz CT molecular complexity index is 370. The first-order valence-electron chi connectivity index (χ1n) is 6.01. The molecule has 0 radical (unpaired) electrons. The Labute approximate surface area is 104 Å². The van der Waals surface area contributed by atoms with Gasteiger partial charge in [0, 0.05) is 0 Å². The molecule has 1 aromatic rings. The average Bonchev–Trinajstić information content (AvgIpc) is 2.33. The predicted octanol–water partition coefficient (Wildman–Crippen LogP) is 2.95. The molecular formula is C14H22N2O. The number of nitrogens with one attached hydrogen (secondary N) is 1. The summed E-state index contributed by atoms with van der Waals surface area (Å²) >= 11 is 0. The van der Waals surface area contributed by atoms with E-state index in [0.717, 1.165) is 24.3 Å². The van der Waals surface area contributed by atoms with Crippen LogP contribution in [0.3, 0.4) is 0 Å². The Kier molecular flexibility index (Phi) is 5.73. The minimum atomic E-state index is 0.0326. The smallest absolute Gasteiger partial charge is 0.119 e. The number of benzene rings is 1. The van der Waals surface area contributed by atoms with E-state index in [1.165, 1.54) is 5.57 Å². The van der Waals surface area contributed by atoms with Gasteiger partial charge < -0.3 is 4.74 Å². The summed E-state index contributed by atoms with van der Waals surface area (Å²) in [5.74, 6) is 6.46. The van der Waals surface area contributed by atoms with Gasteiger partial charge in [0.05, 0.1) is 12.6 Å². The third-order valence-corrected chi connectivity index (χ3v) is 2.37. The number of hydrazine groups is 1. The predicted molar refractivity (Wildman–Crippen MR) is 71.7 cm³/mol. The van der Waals surface area contributed by atoms with Crippen LogP contribution in [0.25, 0.3) is 0 Å². The van der Waals surface area contributed by atoms with Crippen LogP contribution in [0, 0.1) is 0 Å². The molecule has 1 aromatic carbocycles. The van der Waals surface area contributed by atoms with Gasteiger partial charge in [-0.2, -0.15) is 0 Å². The molecule has 0 saturated carbocycles. The SMILES string of the molecule is CCCOc1cccc(C(C=C(C)C)NN)c1. The molecule has 1 atom stereocenters. The summed E-state index contributed by atoms with van der Waals surface area (Å²) in [6.45, 7) is 6.95. The van der Waals surface area contributed by atoms with Gasteiger partial charge in [-0.25, -0.2) is 5.43 Å². The zero-order chi connectivity index (χ0) is 12.7. The lowest BCUT2D eigenvalue weighted by molar-refractivity contribution is 0.317. The van der Waals surface area contributed by atoms with Crippen LogP contribution < -0.4 is 16.0 Å². The number of allylic oxidation sites excluding steroid dienone is 1. The van der Waals surface area contributed by atoms with Crippen molar-refractivity contribution in [3.63, 3.8) is 0 Å². The second-order valence-electron chi connectivity index (χ2n) is 4.31. The fraction of sp³-hybridized carbons (Fsp3) is 0.429. The first-order chi connectivity index (χ1) is 8.17. The number of nitrogens with two attached hydrogens (primary N) is 1. The highest BCUT2D eigenvalue weighted by molar-refractivity contribution is 5.32. The van der Waals surface area contributed by atoms with Gasteiger partial charge in [0.15, 0.2) is 0 Å². The minimum Gasteiger partial charge on any atom is -0.494 e. The van der Waals surface area contributed by atoms with Crippen LogP contribution in [0.15, 0.2) is 35.9 Å². The summed E-state index contributed by atoms with van der Waals surface area (Å²) in [4.78, 5) is 0. The molecule has 0 saturated heterocycles. The molecule has 0 aliphatic heterocycles. The normalized spacial score (nSPS) is 12.0. The molecule has 1 rings (SSSR count). The minimum absolute atomic E-state index is 0.0326. The van der Waals surface area contributed by atoms with Gasteiger partial charge in [-0.1, -0.05) is 30.7 Å². The Morgan fingerprint density at radius 1 is 1.47 bits per heavy atom. The van der Waals surface area contributed by atoms with E-state index < -0.39 is 0 Å². The zero-order valence-corrected chi connectivity index (χ0v) is 10.9. The summed E-state index contributed by atoms with van der Waals surface area (Å²) in [7, 11) is 0. The van der Waals surface area contributed by atoms with Crippen molar-refractivity contribution >= 4 is 0 Å². The van der Waals surface area contributed by atoms with Gasteiger partial charge in [0.25, 0.3) is 0 Å². The third-order valence-electron chi connectivity index (χ3n) is 2.37.